The smallest absolute Gasteiger partial charge is 0.329 e. The molecule has 1 aliphatic rings. The van der Waals surface area contributed by atoms with Gasteiger partial charge < -0.3 is 15.5 Å². The van der Waals surface area contributed by atoms with Crippen molar-refractivity contribution in [2.24, 2.45) is 17.9 Å². The van der Waals surface area contributed by atoms with E-state index in [9.17, 15) is 4.79 Å². The number of oxime groups is 1. The number of aromatic nitrogens is 2. The minimum absolute atomic E-state index is 0.0796. The molecule has 0 unspecified atom stereocenters. The summed E-state index contributed by atoms with van der Waals surface area (Å²) >= 11 is 6.03. The van der Waals surface area contributed by atoms with E-state index in [1.54, 1.807) is 4.57 Å². The highest BCUT2D eigenvalue weighted by Crippen LogP contribution is 2.25. The monoisotopic (exact) mass is 469 g/mol. The lowest BCUT2D eigenvalue weighted by atomic mass is 10.0. The fourth-order valence-electron chi connectivity index (χ4n) is 4.60. The Labute approximate surface area is 199 Å². The second-order valence-electron chi connectivity index (χ2n) is 8.54. The molecule has 2 heterocycles. The lowest BCUT2D eigenvalue weighted by Crippen LogP contribution is -2.38. The third-order valence-electron chi connectivity index (χ3n) is 6.37. The van der Waals surface area contributed by atoms with Crippen LogP contribution in [-0.2, 0) is 11.9 Å². The first-order valence-electron chi connectivity index (χ1n) is 11.6. The molecule has 7 nitrogen and oxygen atoms in total. The first kappa shape index (κ1) is 23.5. The number of para-hydroxylation sites is 2. The predicted octanol–water partition coefficient (Wildman–Crippen LogP) is 3.79. The summed E-state index contributed by atoms with van der Waals surface area (Å²) in [5.41, 5.74) is 9.57. The van der Waals surface area contributed by atoms with Crippen molar-refractivity contribution < 1.29 is 4.84 Å². The summed E-state index contributed by atoms with van der Waals surface area (Å²) in [6.45, 7) is 3.79. The summed E-state index contributed by atoms with van der Waals surface area (Å²) in [6, 6.07) is 16.0. The number of halogens is 1. The van der Waals surface area contributed by atoms with Crippen LogP contribution in [0.25, 0.3) is 11.0 Å². The molecule has 0 amide bonds. The number of nitrogens with zero attached hydrogens (tertiary/aromatic N) is 4. The number of hydrogen-bond donors (Lipinski definition) is 1. The Morgan fingerprint density at radius 1 is 1.12 bits per heavy atom. The first-order chi connectivity index (χ1) is 16.1. The van der Waals surface area contributed by atoms with Crippen molar-refractivity contribution >= 4 is 28.3 Å². The van der Waals surface area contributed by atoms with Crippen molar-refractivity contribution in [1.82, 2.24) is 14.0 Å². The van der Waals surface area contributed by atoms with E-state index >= 15 is 0 Å². The van der Waals surface area contributed by atoms with Crippen molar-refractivity contribution in [1.29, 1.82) is 0 Å². The number of imidazole rings is 1. The average Bonchev–Trinajstić information content (AvgIpc) is 3.09. The molecular weight excluding hydrogens is 438 g/mol. The third kappa shape index (κ3) is 5.49. The standard InChI is InChI=1S/C25H32ClN5O2/c1-29-23-6-2-3-7-24(23)31(25(29)32)21-12-16-30(17-13-21)15-4-5-22(28-33-18-14-27)19-8-10-20(26)11-9-19/h2-3,6-11,21H,4-5,12-18,27H2,1H3. The molecule has 1 fully saturated rings. The molecule has 176 valence electrons. The zero-order valence-electron chi connectivity index (χ0n) is 19.1. The van der Waals surface area contributed by atoms with E-state index in [2.05, 4.69) is 10.1 Å². The van der Waals surface area contributed by atoms with Gasteiger partial charge in [0.15, 0.2) is 0 Å². The van der Waals surface area contributed by atoms with Gasteiger partial charge in [0, 0.05) is 37.7 Å². The van der Waals surface area contributed by atoms with Gasteiger partial charge >= 0.3 is 5.69 Å². The second kappa shape index (κ2) is 11.0. The average molecular weight is 470 g/mol. The molecule has 0 bridgehead atoms. The Balaban J connectivity index is 1.33. The Kier molecular flexibility index (Phi) is 7.85. The molecule has 0 aliphatic carbocycles. The molecule has 1 aliphatic heterocycles. The zero-order chi connectivity index (χ0) is 23.2. The van der Waals surface area contributed by atoms with Crippen LogP contribution in [0.1, 0.15) is 37.3 Å². The van der Waals surface area contributed by atoms with Gasteiger partial charge in [-0.15, -0.1) is 0 Å². The van der Waals surface area contributed by atoms with E-state index in [0.29, 0.717) is 18.2 Å². The minimum Gasteiger partial charge on any atom is -0.394 e. The van der Waals surface area contributed by atoms with Gasteiger partial charge in [0.25, 0.3) is 0 Å². The lowest BCUT2D eigenvalue weighted by Gasteiger charge is -2.32. The number of rotatable bonds is 9. The maximum absolute atomic E-state index is 12.9. The van der Waals surface area contributed by atoms with Gasteiger partial charge in [-0.1, -0.05) is 41.0 Å². The molecule has 8 heteroatoms. The molecule has 0 spiro atoms. The molecule has 33 heavy (non-hydrogen) atoms. The van der Waals surface area contributed by atoms with Crippen molar-refractivity contribution in [2.75, 3.05) is 32.8 Å². The van der Waals surface area contributed by atoms with Crippen molar-refractivity contribution in [3.05, 3.63) is 69.6 Å². The molecule has 4 rings (SSSR count). The highest BCUT2D eigenvalue weighted by Gasteiger charge is 2.24. The van der Waals surface area contributed by atoms with E-state index in [-0.39, 0.29) is 11.7 Å². The molecular formula is C25H32ClN5O2. The van der Waals surface area contributed by atoms with Crippen LogP contribution in [0.15, 0.2) is 58.5 Å². The van der Waals surface area contributed by atoms with Crippen molar-refractivity contribution in [3.63, 3.8) is 0 Å². The Morgan fingerprint density at radius 2 is 1.82 bits per heavy atom. The summed E-state index contributed by atoms with van der Waals surface area (Å²) in [7, 11) is 1.85. The Morgan fingerprint density at radius 3 is 2.52 bits per heavy atom. The fraction of sp³-hybridized carbons (Fsp3) is 0.440. The lowest BCUT2D eigenvalue weighted by molar-refractivity contribution is 0.151. The Hall–Kier alpha value is -2.61. The largest absolute Gasteiger partial charge is 0.394 e. The first-order valence-corrected chi connectivity index (χ1v) is 12.0. The highest BCUT2D eigenvalue weighted by molar-refractivity contribution is 6.30. The SMILES string of the molecule is Cn1c(=O)n(C2CCN(CCCC(=NOCCN)c3ccc(Cl)cc3)CC2)c2ccccc21. The third-order valence-corrected chi connectivity index (χ3v) is 6.62. The van der Waals surface area contributed by atoms with Gasteiger partial charge in [-0.05, 0) is 62.1 Å². The molecule has 0 radical (unpaired) electrons. The van der Waals surface area contributed by atoms with Gasteiger partial charge in [-0.25, -0.2) is 4.79 Å². The fourth-order valence-corrected chi connectivity index (χ4v) is 4.73. The molecule has 2 aromatic carbocycles. The number of benzene rings is 2. The van der Waals surface area contributed by atoms with Gasteiger partial charge in [-0.2, -0.15) is 0 Å². The highest BCUT2D eigenvalue weighted by atomic mass is 35.5. The Bertz CT molecular complexity index is 1140. The number of fused-ring (bicyclic) bond motifs is 1. The van der Waals surface area contributed by atoms with Gasteiger partial charge in [-0.3, -0.25) is 9.13 Å². The van der Waals surface area contributed by atoms with Gasteiger partial charge in [0.05, 0.1) is 16.7 Å². The molecule has 3 aromatic rings. The summed E-state index contributed by atoms with van der Waals surface area (Å²) in [5, 5.41) is 5.03. The van der Waals surface area contributed by atoms with Crippen molar-refractivity contribution in [2.45, 2.75) is 31.7 Å². The quantitative estimate of drug-likeness (QED) is 0.294. The molecule has 2 N–H and O–H groups in total. The summed E-state index contributed by atoms with van der Waals surface area (Å²) in [4.78, 5) is 20.7. The number of aryl methyl sites for hydroxylation is 1. The normalized spacial score (nSPS) is 15.9. The molecule has 1 saturated heterocycles. The van der Waals surface area contributed by atoms with Gasteiger partial charge in [0.1, 0.15) is 6.61 Å². The van der Waals surface area contributed by atoms with Crippen LogP contribution >= 0.6 is 11.6 Å². The minimum atomic E-state index is 0.0796. The van der Waals surface area contributed by atoms with Crippen LogP contribution in [0.2, 0.25) is 5.02 Å². The number of hydrogen-bond acceptors (Lipinski definition) is 5. The maximum Gasteiger partial charge on any atom is 0.329 e. The van der Waals surface area contributed by atoms with E-state index in [4.69, 9.17) is 22.2 Å². The summed E-state index contributed by atoms with van der Waals surface area (Å²) < 4.78 is 3.75. The second-order valence-corrected chi connectivity index (χ2v) is 8.98. The van der Waals surface area contributed by atoms with Crippen molar-refractivity contribution in [3.8, 4) is 0 Å². The summed E-state index contributed by atoms with van der Waals surface area (Å²) in [6.07, 6.45) is 3.75. The number of likely N-dealkylation sites (tertiary alicyclic amines) is 1. The van der Waals surface area contributed by atoms with E-state index < -0.39 is 0 Å². The topological polar surface area (TPSA) is 77.8 Å². The van der Waals surface area contributed by atoms with Crippen LogP contribution in [0.4, 0.5) is 0 Å². The van der Waals surface area contributed by atoms with Crippen LogP contribution in [0.3, 0.4) is 0 Å². The molecule has 0 atom stereocenters. The zero-order valence-corrected chi connectivity index (χ0v) is 19.9. The van der Waals surface area contributed by atoms with Crippen LogP contribution in [0.5, 0.6) is 0 Å². The van der Waals surface area contributed by atoms with E-state index in [0.717, 1.165) is 67.6 Å². The number of nitrogens with two attached hydrogens (primary N) is 1. The maximum atomic E-state index is 12.9. The predicted molar refractivity (Wildman–Crippen MR) is 134 cm³/mol. The van der Waals surface area contributed by atoms with Crippen LogP contribution in [-0.4, -0.2) is 52.5 Å². The van der Waals surface area contributed by atoms with E-state index in [1.165, 1.54) is 0 Å². The molecule has 0 saturated carbocycles. The van der Waals surface area contributed by atoms with Gasteiger partial charge in [0.2, 0.25) is 0 Å². The van der Waals surface area contributed by atoms with Crippen LogP contribution < -0.4 is 11.4 Å². The number of piperidine rings is 1. The van der Waals surface area contributed by atoms with Crippen LogP contribution in [0, 0.1) is 0 Å². The summed E-state index contributed by atoms with van der Waals surface area (Å²) in [5.74, 6) is 0. The molecule has 1 aromatic heterocycles. The van der Waals surface area contributed by atoms with E-state index in [1.807, 2.05) is 60.1 Å².